The Hall–Kier alpha value is -0.830. The monoisotopic (exact) mass is 366 g/mol. The van der Waals surface area contributed by atoms with Crippen LogP contribution >= 0.6 is 15.9 Å². The summed E-state index contributed by atoms with van der Waals surface area (Å²) in [7, 11) is -2.27. The van der Waals surface area contributed by atoms with Gasteiger partial charge in [-0.2, -0.15) is 0 Å². The zero-order chi connectivity index (χ0) is 15.2. The summed E-state index contributed by atoms with van der Waals surface area (Å²) in [5.41, 5.74) is 6.04. The van der Waals surface area contributed by atoms with Crippen molar-refractivity contribution < 1.29 is 18.3 Å². The number of halogens is 1. The number of nitrogens with one attached hydrogen (secondary N) is 1. The number of benzene rings is 1. The second-order valence-electron chi connectivity index (χ2n) is 4.21. The lowest BCUT2D eigenvalue weighted by Gasteiger charge is -2.12. The van der Waals surface area contributed by atoms with E-state index >= 15 is 0 Å². The molecule has 6 nitrogen and oxygen atoms in total. The van der Waals surface area contributed by atoms with Crippen molar-refractivity contribution in [3.05, 3.63) is 16.6 Å². The molecule has 0 aromatic heterocycles. The van der Waals surface area contributed by atoms with Crippen LogP contribution in [0.25, 0.3) is 0 Å². The predicted molar refractivity (Wildman–Crippen MR) is 81.2 cm³/mol. The standard InChI is InChI=1S/C12H19BrN2O4S/c1-19-11-7-9(13)10(14)8-12(11)20(17,18)15-5-3-2-4-6-16/h7-8,15-16H,2-6,14H2,1H3. The predicted octanol–water partition coefficient (Wildman–Crippen LogP) is 1.48. The van der Waals surface area contributed by atoms with E-state index in [-0.39, 0.29) is 17.3 Å². The number of sulfonamides is 1. The lowest BCUT2D eigenvalue weighted by atomic mass is 10.2. The summed E-state index contributed by atoms with van der Waals surface area (Å²) in [6.07, 6.45) is 2.09. The minimum atomic E-state index is -3.67. The lowest BCUT2D eigenvalue weighted by molar-refractivity contribution is 0.283. The molecule has 1 aromatic carbocycles. The van der Waals surface area contributed by atoms with Gasteiger partial charge in [0.1, 0.15) is 10.6 Å². The second-order valence-corrected chi connectivity index (χ2v) is 6.80. The fraction of sp³-hybridized carbons (Fsp3) is 0.500. The number of methoxy groups -OCH3 is 1. The van der Waals surface area contributed by atoms with Gasteiger partial charge in [0.2, 0.25) is 10.0 Å². The van der Waals surface area contributed by atoms with Crippen molar-refractivity contribution in [1.29, 1.82) is 0 Å². The van der Waals surface area contributed by atoms with Crippen LogP contribution in [0.5, 0.6) is 5.75 Å². The van der Waals surface area contributed by atoms with Crippen LogP contribution in [-0.2, 0) is 10.0 Å². The number of anilines is 1. The maximum Gasteiger partial charge on any atom is 0.244 e. The molecule has 1 aromatic rings. The van der Waals surface area contributed by atoms with Gasteiger partial charge < -0.3 is 15.6 Å². The first-order valence-corrected chi connectivity index (χ1v) is 8.43. The van der Waals surface area contributed by atoms with Crippen molar-refractivity contribution in [2.45, 2.75) is 24.2 Å². The normalized spacial score (nSPS) is 11.6. The van der Waals surface area contributed by atoms with Gasteiger partial charge in [-0.3, -0.25) is 0 Å². The molecule has 0 unspecified atom stereocenters. The summed E-state index contributed by atoms with van der Waals surface area (Å²) in [6, 6.07) is 2.88. The first-order valence-electron chi connectivity index (χ1n) is 6.16. The summed E-state index contributed by atoms with van der Waals surface area (Å²) >= 11 is 3.22. The van der Waals surface area contributed by atoms with Gasteiger partial charge in [0.15, 0.2) is 0 Å². The zero-order valence-electron chi connectivity index (χ0n) is 11.2. The van der Waals surface area contributed by atoms with E-state index in [0.29, 0.717) is 29.5 Å². The number of aliphatic hydroxyl groups is 1. The minimum Gasteiger partial charge on any atom is -0.495 e. The summed E-state index contributed by atoms with van der Waals surface area (Å²) < 4.78 is 32.5. The molecular weight excluding hydrogens is 348 g/mol. The van der Waals surface area contributed by atoms with Gasteiger partial charge in [0, 0.05) is 23.3 Å². The van der Waals surface area contributed by atoms with E-state index in [9.17, 15) is 8.42 Å². The Balaban J connectivity index is 2.84. The molecule has 0 heterocycles. The van der Waals surface area contributed by atoms with Crippen molar-refractivity contribution in [2.24, 2.45) is 0 Å². The highest BCUT2D eigenvalue weighted by Gasteiger charge is 2.20. The molecule has 8 heteroatoms. The molecule has 0 fully saturated rings. The van der Waals surface area contributed by atoms with Crippen LogP contribution in [0.2, 0.25) is 0 Å². The van der Waals surface area contributed by atoms with Gasteiger partial charge in [-0.05, 0) is 47.3 Å². The quantitative estimate of drug-likeness (QED) is 0.477. The fourth-order valence-electron chi connectivity index (χ4n) is 1.62. The van der Waals surface area contributed by atoms with Crippen molar-refractivity contribution in [3.63, 3.8) is 0 Å². The molecule has 0 saturated heterocycles. The van der Waals surface area contributed by atoms with Crippen LogP contribution in [0.1, 0.15) is 19.3 Å². The smallest absolute Gasteiger partial charge is 0.244 e. The van der Waals surface area contributed by atoms with E-state index in [1.54, 1.807) is 0 Å². The van der Waals surface area contributed by atoms with Crippen molar-refractivity contribution in [1.82, 2.24) is 4.72 Å². The van der Waals surface area contributed by atoms with E-state index in [1.165, 1.54) is 19.2 Å². The molecule has 0 aliphatic rings. The van der Waals surface area contributed by atoms with E-state index in [2.05, 4.69) is 20.7 Å². The first-order chi connectivity index (χ1) is 9.42. The van der Waals surface area contributed by atoms with E-state index < -0.39 is 10.0 Å². The van der Waals surface area contributed by atoms with E-state index in [4.69, 9.17) is 15.6 Å². The average Bonchev–Trinajstić information content (AvgIpc) is 2.41. The Kier molecular flexibility index (Phi) is 6.74. The van der Waals surface area contributed by atoms with Gasteiger partial charge >= 0.3 is 0 Å². The molecule has 0 aliphatic heterocycles. The van der Waals surface area contributed by atoms with Crippen LogP contribution < -0.4 is 15.2 Å². The minimum absolute atomic E-state index is 0.0165. The number of hydrogen-bond donors (Lipinski definition) is 3. The van der Waals surface area contributed by atoms with Crippen LogP contribution in [0, 0.1) is 0 Å². The largest absolute Gasteiger partial charge is 0.495 e. The summed E-state index contributed by atoms with van der Waals surface area (Å²) in [4.78, 5) is 0.0165. The number of rotatable bonds is 8. The van der Waals surface area contributed by atoms with Gasteiger partial charge in [0.05, 0.1) is 7.11 Å². The van der Waals surface area contributed by atoms with Gasteiger partial charge in [0.25, 0.3) is 0 Å². The van der Waals surface area contributed by atoms with Crippen molar-refractivity contribution in [2.75, 3.05) is 26.0 Å². The lowest BCUT2D eigenvalue weighted by Crippen LogP contribution is -2.25. The molecule has 1 rings (SSSR count). The van der Waals surface area contributed by atoms with Gasteiger partial charge in [-0.25, -0.2) is 13.1 Å². The maximum absolute atomic E-state index is 12.2. The molecular formula is C12H19BrN2O4S. The first kappa shape index (κ1) is 17.2. The third-order valence-electron chi connectivity index (χ3n) is 2.70. The third kappa shape index (κ3) is 4.62. The Bertz CT molecular complexity index is 549. The highest BCUT2D eigenvalue weighted by atomic mass is 79.9. The number of nitrogens with two attached hydrogens (primary N) is 1. The zero-order valence-corrected chi connectivity index (χ0v) is 13.6. The Labute approximate surface area is 127 Å². The van der Waals surface area contributed by atoms with E-state index in [0.717, 1.165) is 6.42 Å². The number of hydrogen-bond acceptors (Lipinski definition) is 5. The molecule has 114 valence electrons. The molecule has 0 aliphatic carbocycles. The second kappa shape index (κ2) is 7.82. The average molecular weight is 367 g/mol. The summed E-state index contributed by atoms with van der Waals surface area (Å²) in [6.45, 7) is 0.422. The van der Waals surface area contributed by atoms with E-state index in [1.807, 2.05) is 0 Å². The van der Waals surface area contributed by atoms with Gasteiger partial charge in [-0.15, -0.1) is 0 Å². The van der Waals surface area contributed by atoms with Crippen molar-refractivity contribution >= 4 is 31.6 Å². The van der Waals surface area contributed by atoms with Crippen LogP contribution in [-0.4, -0.2) is 33.8 Å². The van der Waals surface area contributed by atoms with Gasteiger partial charge in [-0.1, -0.05) is 0 Å². The van der Waals surface area contributed by atoms with Crippen LogP contribution in [0.4, 0.5) is 5.69 Å². The molecule has 0 atom stereocenters. The topological polar surface area (TPSA) is 102 Å². The third-order valence-corrected chi connectivity index (χ3v) is 4.87. The fourth-order valence-corrected chi connectivity index (χ4v) is 3.20. The molecule has 20 heavy (non-hydrogen) atoms. The molecule has 4 N–H and O–H groups in total. The number of ether oxygens (including phenoxy) is 1. The summed E-state index contributed by atoms with van der Waals surface area (Å²) in [5.74, 6) is 0.230. The number of nitrogen functional groups attached to an aromatic ring is 1. The Morgan fingerprint density at radius 3 is 2.65 bits per heavy atom. The Morgan fingerprint density at radius 2 is 2.05 bits per heavy atom. The molecule has 0 amide bonds. The maximum atomic E-state index is 12.2. The Morgan fingerprint density at radius 1 is 1.35 bits per heavy atom. The molecule has 0 saturated carbocycles. The number of aliphatic hydroxyl groups excluding tert-OH is 1. The van der Waals surface area contributed by atoms with Crippen LogP contribution in [0.3, 0.4) is 0 Å². The van der Waals surface area contributed by atoms with Crippen molar-refractivity contribution in [3.8, 4) is 5.75 Å². The number of unbranched alkanes of at least 4 members (excludes halogenated alkanes) is 2. The highest BCUT2D eigenvalue weighted by molar-refractivity contribution is 9.10. The van der Waals surface area contributed by atoms with Crippen LogP contribution in [0.15, 0.2) is 21.5 Å². The molecule has 0 radical (unpaired) electrons. The summed E-state index contributed by atoms with van der Waals surface area (Å²) in [5, 5.41) is 8.65. The SMILES string of the molecule is COc1cc(Br)c(N)cc1S(=O)(=O)NCCCCCO. The molecule has 0 spiro atoms. The molecule has 0 bridgehead atoms. The highest BCUT2D eigenvalue weighted by Crippen LogP contribution is 2.32.